The molecular weight excluding hydrogens is 216 g/mol. The molecule has 0 saturated carbocycles. The zero-order valence-corrected chi connectivity index (χ0v) is 9.54. The van der Waals surface area contributed by atoms with Gasteiger partial charge in [-0.3, -0.25) is 9.59 Å². The lowest BCUT2D eigenvalue weighted by Gasteiger charge is -2.28. The summed E-state index contributed by atoms with van der Waals surface area (Å²) in [5, 5.41) is 36.6. The first-order valence-electron chi connectivity index (χ1n) is 4.95. The van der Waals surface area contributed by atoms with Gasteiger partial charge in [0.15, 0.2) is 5.79 Å². The van der Waals surface area contributed by atoms with Crippen LogP contribution in [0.15, 0.2) is 0 Å². The van der Waals surface area contributed by atoms with Gasteiger partial charge >= 0.3 is 5.97 Å². The molecule has 0 aliphatic carbocycles. The van der Waals surface area contributed by atoms with E-state index in [1.165, 1.54) is 0 Å². The maximum Gasteiger partial charge on any atom is 0.314 e. The van der Waals surface area contributed by atoms with Crippen LogP contribution in [-0.2, 0) is 9.59 Å². The van der Waals surface area contributed by atoms with E-state index in [9.17, 15) is 24.9 Å². The highest BCUT2D eigenvalue weighted by Gasteiger charge is 2.42. The summed E-state index contributed by atoms with van der Waals surface area (Å²) in [6.07, 6.45) is -2.03. The van der Waals surface area contributed by atoms with Crippen molar-refractivity contribution in [1.82, 2.24) is 0 Å². The van der Waals surface area contributed by atoms with Crippen molar-refractivity contribution < 1.29 is 30.0 Å². The second-order valence-electron chi connectivity index (χ2n) is 4.30. The predicted octanol–water partition coefficient (Wildman–Crippen LogP) is -0.636. The molecule has 0 rings (SSSR count). The lowest BCUT2D eigenvalue weighted by atomic mass is 9.89. The number of aliphatic carboxylic acids is 1. The molecule has 6 heteroatoms. The number of carbonyl (C=O) groups is 2. The zero-order valence-electron chi connectivity index (χ0n) is 9.54. The van der Waals surface area contributed by atoms with Crippen LogP contribution >= 0.6 is 0 Å². The Bertz CT molecular complexity index is 265. The van der Waals surface area contributed by atoms with E-state index in [1.807, 2.05) is 0 Å². The standard InChI is InChI=1S/C10H18O6/c1-5(2)6(11)4-7(12)8(9(13)14)10(3,15)16/h5,7-8,12,15-16H,4H2,1-3H3,(H,13,14). The van der Waals surface area contributed by atoms with Gasteiger partial charge in [0.05, 0.1) is 6.10 Å². The van der Waals surface area contributed by atoms with Crippen LogP contribution in [0.5, 0.6) is 0 Å². The van der Waals surface area contributed by atoms with Crippen molar-refractivity contribution in [3.05, 3.63) is 0 Å². The van der Waals surface area contributed by atoms with Gasteiger partial charge in [0.25, 0.3) is 0 Å². The number of aliphatic hydroxyl groups excluding tert-OH is 1. The Morgan fingerprint density at radius 2 is 1.69 bits per heavy atom. The van der Waals surface area contributed by atoms with E-state index in [1.54, 1.807) is 13.8 Å². The number of aliphatic hydroxyl groups is 3. The molecule has 16 heavy (non-hydrogen) atoms. The summed E-state index contributed by atoms with van der Waals surface area (Å²) in [6, 6.07) is 0. The van der Waals surface area contributed by atoms with E-state index in [0.717, 1.165) is 6.92 Å². The maximum absolute atomic E-state index is 11.3. The van der Waals surface area contributed by atoms with E-state index in [4.69, 9.17) is 5.11 Å². The van der Waals surface area contributed by atoms with Gasteiger partial charge in [-0.25, -0.2) is 0 Å². The molecule has 2 atom stereocenters. The van der Waals surface area contributed by atoms with Gasteiger partial charge in [0.2, 0.25) is 0 Å². The third-order valence-corrected chi connectivity index (χ3v) is 2.29. The molecular formula is C10H18O6. The molecule has 0 aliphatic rings. The highest BCUT2D eigenvalue weighted by atomic mass is 16.5. The first kappa shape index (κ1) is 15.0. The van der Waals surface area contributed by atoms with E-state index in [2.05, 4.69) is 0 Å². The molecule has 0 aromatic carbocycles. The SMILES string of the molecule is CC(C)C(=O)CC(O)C(C(=O)O)C(C)(O)O. The predicted molar refractivity (Wildman–Crippen MR) is 54.4 cm³/mol. The number of carboxylic acid groups (broad SMARTS) is 1. The molecule has 0 fully saturated rings. The van der Waals surface area contributed by atoms with Gasteiger partial charge in [0.1, 0.15) is 11.7 Å². The molecule has 0 aromatic rings. The van der Waals surface area contributed by atoms with Gasteiger partial charge in [-0.1, -0.05) is 13.8 Å². The molecule has 0 amide bonds. The number of hydrogen-bond donors (Lipinski definition) is 4. The molecule has 0 aliphatic heterocycles. The fourth-order valence-corrected chi connectivity index (χ4v) is 1.32. The van der Waals surface area contributed by atoms with Gasteiger partial charge in [-0.15, -0.1) is 0 Å². The summed E-state index contributed by atoms with van der Waals surface area (Å²) in [5.41, 5.74) is 0. The molecule has 0 heterocycles. The monoisotopic (exact) mass is 234 g/mol. The van der Waals surface area contributed by atoms with Gasteiger partial charge in [0, 0.05) is 12.3 Å². The summed E-state index contributed by atoms with van der Waals surface area (Å²) in [5.74, 6) is -6.61. The summed E-state index contributed by atoms with van der Waals surface area (Å²) in [4.78, 5) is 22.0. The highest BCUT2D eigenvalue weighted by molar-refractivity contribution is 5.82. The average molecular weight is 234 g/mol. The number of Topliss-reactive ketones (excluding diaryl/α,β-unsaturated/α-hetero) is 1. The molecule has 4 N–H and O–H groups in total. The summed E-state index contributed by atoms with van der Waals surface area (Å²) in [6.45, 7) is 4.08. The Hall–Kier alpha value is -0.980. The maximum atomic E-state index is 11.3. The Morgan fingerprint density at radius 1 is 1.25 bits per heavy atom. The number of rotatable bonds is 6. The van der Waals surface area contributed by atoms with Crippen LogP contribution in [0.2, 0.25) is 0 Å². The zero-order chi connectivity index (χ0) is 13.1. The Labute approximate surface area is 93.5 Å². The van der Waals surface area contributed by atoms with Crippen LogP contribution in [0.1, 0.15) is 27.2 Å². The third-order valence-electron chi connectivity index (χ3n) is 2.29. The van der Waals surface area contributed by atoms with Gasteiger partial charge in [-0.2, -0.15) is 0 Å². The lowest BCUT2D eigenvalue weighted by molar-refractivity contribution is -0.216. The van der Waals surface area contributed by atoms with Crippen LogP contribution in [0, 0.1) is 11.8 Å². The summed E-state index contributed by atoms with van der Waals surface area (Å²) < 4.78 is 0. The van der Waals surface area contributed by atoms with Crippen molar-refractivity contribution in [2.24, 2.45) is 11.8 Å². The van der Waals surface area contributed by atoms with Gasteiger partial charge < -0.3 is 20.4 Å². The molecule has 94 valence electrons. The average Bonchev–Trinajstić information content (AvgIpc) is 1.99. The first-order chi connectivity index (χ1) is 7.07. The van der Waals surface area contributed by atoms with E-state index in [0.29, 0.717) is 0 Å². The molecule has 0 bridgehead atoms. The second-order valence-corrected chi connectivity index (χ2v) is 4.30. The minimum absolute atomic E-state index is 0.331. The minimum Gasteiger partial charge on any atom is -0.481 e. The lowest BCUT2D eigenvalue weighted by Crippen LogP contribution is -2.47. The van der Waals surface area contributed by atoms with Crippen LogP contribution in [0.3, 0.4) is 0 Å². The quantitative estimate of drug-likeness (QED) is 0.455. The van der Waals surface area contributed by atoms with Crippen molar-refractivity contribution >= 4 is 11.8 Å². The topological polar surface area (TPSA) is 115 Å². The van der Waals surface area contributed by atoms with Crippen molar-refractivity contribution in [2.75, 3.05) is 0 Å². The minimum atomic E-state index is -2.57. The molecule has 0 aromatic heterocycles. The number of hydrogen-bond acceptors (Lipinski definition) is 5. The highest BCUT2D eigenvalue weighted by Crippen LogP contribution is 2.21. The summed E-state index contributed by atoms with van der Waals surface area (Å²) >= 11 is 0. The van der Waals surface area contributed by atoms with Crippen molar-refractivity contribution in [3.8, 4) is 0 Å². The van der Waals surface area contributed by atoms with Crippen LogP contribution in [0.25, 0.3) is 0 Å². The van der Waals surface area contributed by atoms with Crippen molar-refractivity contribution in [1.29, 1.82) is 0 Å². The number of ketones is 1. The second kappa shape index (κ2) is 5.38. The molecule has 2 unspecified atom stereocenters. The fraction of sp³-hybridized carbons (Fsp3) is 0.800. The van der Waals surface area contributed by atoms with Crippen molar-refractivity contribution in [2.45, 2.75) is 39.1 Å². The van der Waals surface area contributed by atoms with Gasteiger partial charge in [-0.05, 0) is 6.92 Å². The first-order valence-corrected chi connectivity index (χ1v) is 4.95. The Kier molecular flexibility index (Phi) is 5.05. The van der Waals surface area contributed by atoms with Crippen molar-refractivity contribution in [3.63, 3.8) is 0 Å². The smallest absolute Gasteiger partial charge is 0.314 e. The molecule has 0 saturated heterocycles. The van der Waals surface area contributed by atoms with Crippen LogP contribution in [-0.4, -0.2) is 44.1 Å². The van der Waals surface area contributed by atoms with E-state index in [-0.39, 0.29) is 11.7 Å². The number of carbonyl (C=O) groups excluding carboxylic acids is 1. The third kappa shape index (κ3) is 4.26. The Balaban J connectivity index is 4.72. The largest absolute Gasteiger partial charge is 0.481 e. The molecule has 0 spiro atoms. The van der Waals surface area contributed by atoms with E-state index >= 15 is 0 Å². The van der Waals surface area contributed by atoms with Crippen LogP contribution < -0.4 is 0 Å². The number of carboxylic acids is 1. The van der Waals surface area contributed by atoms with E-state index < -0.39 is 30.2 Å². The molecule has 6 nitrogen and oxygen atoms in total. The summed E-state index contributed by atoms with van der Waals surface area (Å²) in [7, 11) is 0. The molecule has 0 radical (unpaired) electrons. The Morgan fingerprint density at radius 3 is 1.94 bits per heavy atom. The fourth-order valence-electron chi connectivity index (χ4n) is 1.32. The normalized spacial score (nSPS) is 15.9. The van der Waals surface area contributed by atoms with Crippen LogP contribution in [0.4, 0.5) is 0 Å².